The number of carbonyl (C=O) groups is 1. The molecule has 1 aliphatic carbocycles. The predicted molar refractivity (Wildman–Crippen MR) is 71.6 cm³/mol. The SMILES string of the molecule is CCCC(C)(C)NC(=O)C1CC(C)CCC1N. The fraction of sp³-hybridized carbons (Fsp3) is 0.929. The average molecular weight is 240 g/mol. The van der Waals surface area contributed by atoms with E-state index >= 15 is 0 Å². The number of rotatable bonds is 4. The molecule has 0 radical (unpaired) electrons. The van der Waals surface area contributed by atoms with Crippen LogP contribution in [0.3, 0.4) is 0 Å². The predicted octanol–water partition coefficient (Wildman–Crippen LogP) is 2.44. The Morgan fingerprint density at radius 2 is 2.06 bits per heavy atom. The van der Waals surface area contributed by atoms with Crippen molar-refractivity contribution in [1.29, 1.82) is 0 Å². The highest BCUT2D eigenvalue weighted by Crippen LogP contribution is 2.28. The molecule has 3 atom stereocenters. The zero-order valence-corrected chi connectivity index (χ0v) is 11.8. The van der Waals surface area contributed by atoms with E-state index in [0.29, 0.717) is 5.92 Å². The van der Waals surface area contributed by atoms with Gasteiger partial charge in [-0.15, -0.1) is 0 Å². The summed E-state index contributed by atoms with van der Waals surface area (Å²) in [6, 6.07) is 0.0450. The molecular formula is C14H28N2O. The summed E-state index contributed by atoms with van der Waals surface area (Å²) in [6.07, 6.45) is 5.17. The van der Waals surface area contributed by atoms with Crippen molar-refractivity contribution in [2.45, 2.75) is 71.4 Å². The van der Waals surface area contributed by atoms with Crippen molar-refractivity contribution in [3.05, 3.63) is 0 Å². The van der Waals surface area contributed by atoms with Gasteiger partial charge < -0.3 is 11.1 Å². The monoisotopic (exact) mass is 240 g/mol. The van der Waals surface area contributed by atoms with E-state index in [1.54, 1.807) is 0 Å². The van der Waals surface area contributed by atoms with E-state index < -0.39 is 0 Å². The van der Waals surface area contributed by atoms with Crippen molar-refractivity contribution < 1.29 is 4.79 Å². The van der Waals surface area contributed by atoms with Crippen LogP contribution in [0.2, 0.25) is 0 Å². The first kappa shape index (κ1) is 14.5. The van der Waals surface area contributed by atoms with Gasteiger partial charge in [-0.2, -0.15) is 0 Å². The first-order chi connectivity index (χ1) is 7.85. The van der Waals surface area contributed by atoms with Gasteiger partial charge in [0.2, 0.25) is 5.91 Å². The van der Waals surface area contributed by atoms with Crippen LogP contribution in [0.1, 0.15) is 59.8 Å². The molecule has 0 bridgehead atoms. The van der Waals surface area contributed by atoms with Gasteiger partial charge in [0.25, 0.3) is 0 Å². The second-order valence-electron chi connectivity index (χ2n) is 6.31. The van der Waals surface area contributed by atoms with Gasteiger partial charge in [0.1, 0.15) is 0 Å². The summed E-state index contributed by atoms with van der Waals surface area (Å²) in [5, 5.41) is 3.16. The lowest BCUT2D eigenvalue weighted by Crippen LogP contribution is -2.51. The zero-order valence-electron chi connectivity index (χ0n) is 11.8. The molecule has 0 spiro atoms. The highest BCUT2D eigenvalue weighted by molar-refractivity contribution is 5.80. The fourth-order valence-corrected chi connectivity index (χ4v) is 2.82. The minimum absolute atomic E-state index is 0.00915. The summed E-state index contributed by atoms with van der Waals surface area (Å²) in [7, 11) is 0. The molecule has 3 N–H and O–H groups in total. The fourth-order valence-electron chi connectivity index (χ4n) is 2.82. The van der Waals surface area contributed by atoms with Crippen molar-refractivity contribution in [2.75, 3.05) is 0 Å². The number of amides is 1. The molecular weight excluding hydrogens is 212 g/mol. The third-order valence-corrected chi connectivity index (χ3v) is 3.84. The summed E-state index contributed by atoms with van der Waals surface area (Å²) in [5.41, 5.74) is 5.97. The van der Waals surface area contributed by atoms with Crippen LogP contribution in [0.25, 0.3) is 0 Å². The summed E-state index contributed by atoms with van der Waals surface area (Å²) in [5.74, 6) is 0.789. The van der Waals surface area contributed by atoms with Gasteiger partial charge in [0, 0.05) is 11.6 Å². The summed E-state index contributed by atoms with van der Waals surface area (Å²) in [6.45, 7) is 8.53. The number of nitrogens with one attached hydrogen (secondary N) is 1. The molecule has 3 heteroatoms. The van der Waals surface area contributed by atoms with Crippen LogP contribution in [-0.4, -0.2) is 17.5 Å². The largest absolute Gasteiger partial charge is 0.351 e. The summed E-state index contributed by atoms with van der Waals surface area (Å²) >= 11 is 0. The third kappa shape index (κ3) is 4.30. The molecule has 0 aromatic carbocycles. The van der Waals surface area contributed by atoms with Crippen molar-refractivity contribution in [3.63, 3.8) is 0 Å². The van der Waals surface area contributed by atoms with Gasteiger partial charge in [-0.05, 0) is 45.4 Å². The van der Waals surface area contributed by atoms with E-state index in [1.165, 1.54) is 0 Å². The maximum absolute atomic E-state index is 12.3. The third-order valence-electron chi connectivity index (χ3n) is 3.84. The van der Waals surface area contributed by atoms with Gasteiger partial charge in [0.05, 0.1) is 5.92 Å². The molecule has 3 nitrogen and oxygen atoms in total. The van der Waals surface area contributed by atoms with Gasteiger partial charge in [-0.25, -0.2) is 0 Å². The Hall–Kier alpha value is -0.570. The Balaban J connectivity index is 2.56. The molecule has 1 aliphatic rings. The second-order valence-corrected chi connectivity index (χ2v) is 6.31. The normalized spacial score (nSPS) is 30.1. The number of carbonyl (C=O) groups excluding carboxylic acids is 1. The maximum atomic E-state index is 12.3. The van der Waals surface area contributed by atoms with Crippen LogP contribution in [0.15, 0.2) is 0 Å². The Morgan fingerprint density at radius 1 is 1.41 bits per heavy atom. The maximum Gasteiger partial charge on any atom is 0.225 e. The van der Waals surface area contributed by atoms with E-state index in [4.69, 9.17) is 5.73 Å². The van der Waals surface area contributed by atoms with E-state index in [-0.39, 0.29) is 23.4 Å². The van der Waals surface area contributed by atoms with Crippen molar-refractivity contribution in [1.82, 2.24) is 5.32 Å². The summed E-state index contributed by atoms with van der Waals surface area (Å²) in [4.78, 5) is 12.3. The summed E-state index contributed by atoms with van der Waals surface area (Å²) < 4.78 is 0. The van der Waals surface area contributed by atoms with Crippen molar-refractivity contribution in [3.8, 4) is 0 Å². The van der Waals surface area contributed by atoms with Crippen LogP contribution < -0.4 is 11.1 Å². The molecule has 1 amide bonds. The lowest BCUT2D eigenvalue weighted by Gasteiger charge is -2.35. The number of hydrogen-bond acceptors (Lipinski definition) is 2. The molecule has 1 saturated carbocycles. The Kier molecular flexibility index (Phi) is 4.99. The van der Waals surface area contributed by atoms with Gasteiger partial charge in [0.15, 0.2) is 0 Å². The first-order valence-corrected chi connectivity index (χ1v) is 6.93. The van der Waals surface area contributed by atoms with Crippen LogP contribution in [0, 0.1) is 11.8 Å². The van der Waals surface area contributed by atoms with Gasteiger partial charge in [-0.3, -0.25) is 4.79 Å². The molecule has 1 fully saturated rings. The molecule has 0 aromatic rings. The Labute approximate surface area is 106 Å². The Morgan fingerprint density at radius 3 is 2.65 bits per heavy atom. The van der Waals surface area contributed by atoms with E-state index in [0.717, 1.165) is 32.1 Å². The topological polar surface area (TPSA) is 55.1 Å². The lowest BCUT2D eigenvalue weighted by atomic mass is 9.78. The van der Waals surface area contributed by atoms with E-state index in [9.17, 15) is 4.79 Å². The first-order valence-electron chi connectivity index (χ1n) is 6.93. The zero-order chi connectivity index (χ0) is 13.1. The van der Waals surface area contributed by atoms with Crippen LogP contribution in [0.4, 0.5) is 0 Å². The van der Waals surface area contributed by atoms with Crippen LogP contribution >= 0.6 is 0 Å². The molecule has 0 aliphatic heterocycles. The number of nitrogens with two attached hydrogens (primary N) is 1. The quantitative estimate of drug-likeness (QED) is 0.793. The average Bonchev–Trinajstić information content (AvgIpc) is 2.20. The molecule has 0 saturated heterocycles. The smallest absolute Gasteiger partial charge is 0.225 e. The van der Waals surface area contributed by atoms with E-state index in [1.807, 2.05) is 0 Å². The standard InChI is InChI=1S/C14H28N2O/c1-5-8-14(3,4)16-13(17)11-9-10(2)6-7-12(11)15/h10-12H,5-9,15H2,1-4H3,(H,16,17). The van der Waals surface area contributed by atoms with E-state index in [2.05, 4.69) is 33.0 Å². The van der Waals surface area contributed by atoms with Crippen LogP contribution in [0.5, 0.6) is 0 Å². The minimum atomic E-state index is -0.105. The number of hydrogen-bond donors (Lipinski definition) is 2. The molecule has 100 valence electrons. The van der Waals surface area contributed by atoms with Crippen molar-refractivity contribution >= 4 is 5.91 Å². The Bertz CT molecular complexity index is 263. The minimum Gasteiger partial charge on any atom is -0.351 e. The molecule has 1 rings (SSSR count). The van der Waals surface area contributed by atoms with Gasteiger partial charge in [-0.1, -0.05) is 20.3 Å². The second kappa shape index (κ2) is 5.85. The highest BCUT2D eigenvalue weighted by Gasteiger charge is 2.33. The molecule has 0 aromatic heterocycles. The molecule has 17 heavy (non-hydrogen) atoms. The molecule has 3 unspecified atom stereocenters. The highest BCUT2D eigenvalue weighted by atomic mass is 16.2. The van der Waals surface area contributed by atoms with Crippen LogP contribution in [-0.2, 0) is 4.79 Å². The lowest BCUT2D eigenvalue weighted by molar-refractivity contribution is -0.128. The molecule has 0 heterocycles. The van der Waals surface area contributed by atoms with Gasteiger partial charge >= 0.3 is 0 Å². The van der Waals surface area contributed by atoms with Crippen molar-refractivity contribution in [2.24, 2.45) is 17.6 Å².